The van der Waals surface area contributed by atoms with E-state index in [4.69, 9.17) is 16.3 Å². The highest BCUT2D eigenvalue weighted by Gasteiger charge is 2.28. The topological polar surface area (TPSA) is 58.6 Å². The van der Waals surface area contributed by atoms with Crippen molar-refractivity contribution in [2.24, 2.45) is 5.92 Å². The highest BCUT2D eigenvalue weighted by molar-refractivity contribution is 9.10. The average molecular weight is 432 g/mol. The van der Waals surface area contributed by atoms with Crippen molar-refractivity contribution in [2.75, 3.05) is 32.8 Å². The predicted molar refractivity (Wildman–Crippen MR) is 102 cm³/mol. The fourth-order valence-corrected chi connectivity index (χ4v) is 3.44. The van der Waals surface area contributed by atoms with Gasteiger partial charge < -0.3 is 15.0 Å². The van der Waals surface area contributed by atoms with Crippen LogP contribution in [0.15, 0.2) is 22.7 Å². The maximum Gasteiger partial charge on any atom is 0.255 e. The summed E-state index contributed by atoms with van der Waals surface area (Å²) in [6.07, 6.45) is 2.18. The third kappa shape index (κ3) is 5.97. The minimum Gasteiger partial charge on any atom is -0.382 e. The molecular weight excluding hydrogens is 408 g/mol. The number of ether oxygens (including phenoxy) is 1. The molecule has 1 aliphatic heterocycles. The largest absolute Gasteiger partial charge is 0.382 e. The molecule has 1 aliphatic rings. The summed E-state index contributed by atoms with van der Waals surface area (Å²) in [6.45, 7) is 5.11. The Morgan fingerprint density at radius 2 is 2.08 bits per heavy atom. The van der Waals surface area contributed by atoms with Crippen molar-refractivity contribution >= 4 is 39.3 Å². The maximum absolute atomic E-state index is 12.6. The number of likely N-dealkylation sites (tertiary alicyclic amines) is 1. The van der Waals surface area contributed by atoms with Crippen LogP contribution in [0.1, 0.15) is 36.5 Å². The number of halogens is 2. The summed E-state index contributed by atoms with van der Waals surface area (Å²) in [6, 6.07) is 5.19. The van der Waals surface area contributed by atoms with Crippen molar-refractivity contribution in [3.05, 3.63) is 33.3 Å². The van der Waals surface area contributed by atoms with E-state index in [1.807, 2.05) is 6.92 Å². The molecule has 25 heavy (non-hydrogen) atoms. The highest BCUT2D eigenvalue weighted by atomic mass is 79.9. The Hall–Kier alpha value is -1.11. The number of carbonyl (C=O) groups excluding carboxylic acids is 2. The van der Waals surface area contributed by atoms with Gasteiger partial charge in [-0.05, 0) is 60.3 Å². The summed E-state index contributed by atoms with van der Waals surface area (Å²) in [5.41, 5.74) is 0.561. The number of amides is 2. The van der Waals surface area contributed by atoms with E-state index in [9.17, 15) is 9.59 Å². The number of benzene rings is 1. The third-order valence-electron chi connectivity index (χ3n) is 4.28. The molecule has 138 valence electrons. The minimum absolute atomic E-state index is 0.0288. The van der Waals surface area contributed by atoms with Crippen LogP contribution < -0.4 is 5.32 Å². The van der Waals surface area contributed by atoms with Crippen LogP contribution in [0.4, 0.5) is 0 Å². The zero-order chi connectivity index (χ0) is 18.2. The van der Waals surface area contributed by atoms with E-state index < -0.39 is 0 Å². The summed E-state index contributed by atoms with van der Waals surface area (Å²) < 4.78 is 5.99. The molecule has 5 nitrogen and oxygen atoms in total. The smallest absolute Gasteiger partial charge is 0.255 e. The SMILES string of the molecule is CCOCCCNC(=O)C1CCN(C(=O)c2cc(Cl)ccc2Br)CC1. The van der Waals surface area contributed by atoms with Crippen LogP contribution in [0.3, 0.4) is 0 Å². The van der Waals surface area contributed by atoms with E-state index in [0.717, 1.165) is 10.9 Å². The molecule has 0 radical (unpaired) electrons. The standard InChI is InChI=1S/C18H24BrClN2O3/c1-2-25-11-3-8-21-17(23)13-6-9-22(10-7-13)18(24)15-12-14(20)4-5-16(15)19/h4-5,12-13H,2-3,6-11H2,1H3,(H,21,23). The molecule has 1 aromatic rings. The van der Waals surface area contributed by atoms with Crippen molar-refractivity contribution < 1.29 is 14.3 Å². The number of hydrogen-bond donors (Lipinski definition) is 1. The Bertz CT molecular complexity index is 604. The first-order valence-electron chi connectivity index (χ1n) is 8.62. The zero-order valence-corrected chi connectivity index (χ0v) is 16.7. The minimum atomic E-state index is -0.0510. The molecule has 0 atom stereocenters. The monoisotopic (exact) mass is 430 g/mol. The molecule has 1 saturated heterocycles. The lowest BCUT2D eigenvalue weighted by Crippen LogP contribution is -2.43. The molecule has 2 rings (SSSR count). The molecule has 0 aliphatic carbocycles. The Labute approximate surface area is 162 Å². The quantitative estimate of drug-likeness (QED) is 0.672. The number of piperidine rings is 1. The van der Waals surface area contributed by atoms with Crippen molar-refractivity contribution in [1.82, 2.24) is 10.2 Å². The van der Waals surface area contributed by atoms with Gasteiger partial charge in [-0.15, -0.1) is 0 Å². The van der Waals surface area contributed by atoms with Gasteiger partial charge in [-0.1, -0.05) is 11.6 Å². The van der Waals surface area contributed by atoms with Gasteiger partial charge in [0.25, 0.3) is 5.91 Å². The molecule has 0 aromatic heterocycles. The van der Waals surface area contributed by atoms with Crippen LogP contribution in [0.25, 0.3) is 0 Å². The van der Waals surface area contributed by atoms with Crippen LogP contribution in [-0.2, 0) is 9.53 Å². The fraction of sp³-hybridized carbons (Fsp3) is 0.556. The molecule has 2 amide bonds. The summed E-state index contributed by atoms with van der Waals surface area (Å²) in [7, 11) is 0. The van der Waals surface area contributed by atoms with Crippen molar-refractivity contribution in [1.29, 1.82) is 0 Å². The van der Waals surface area contributed by atoms with Crippen LogP contribution in [0.2, 0.25) is 5.02 Å². The summed E-state index contributed by atoms with van der Waals surface area (Å²) in [5, 5.41) is 3.49. The van der Waals surface area contributed by atoms with Gasteiger partial charge in [-0.3, -0.25) is 9.59 Å². The second kappa shape index (κ2) is 10.1. The van der Waals surface area contributed by atoms with Crippen LogP contribution >= 0.6 is 27.5 Å². The van der Waals surface area contributed by atoms with E-state index >= 15 is 0 Å². The second-order valence-corrected chi connectivity index (χ2v) is 7.32. The third-order valence-corrected chi connectivity index (χ3v) is 5.21. The first kappa shape index (κ1) is 20.2. The Morgan fingerprint density at radius 3 is 2.76 bits per heavy atom. The first-order chi connectivity index (χ1) is 12.0. The molecule has 7 heteroatoms. The normalized spacial score (nSPS) is 15.2. The fourth-order valence-electron chi connectivity index (χ4n) is 2.85. The summed E-state index contributed by atoms with van der Waals surface area (Å²) in [5.74, 6) is -0.00331. The zero-order valence-electron chi connectivity index (χ0n) is 14.4. The molecule has 1 fully saturated rings. The Balaban J connectivity index is 1.80. The highest BCUT2D eigenvalue weighted by Crippen LogP contribution is 2.25. The Morgan fingerprint density at radius 1 is 1.36 bits per heavy atom. The lowest BCUT2D eigenvalue weighted by atomic mass is 9.95. The van der Waals surface area contributed by atoms with Crippen LogP contribution in [0.5, 0.6) is 0 Å². The van der Waals surface area contributed by atoms with Gasteiger partial charge in [0.15, 0.2) is 0 Å². The van der Waals surface area contributed by atoms with E-state index in [-0.39, 0.29) is 17.7 Å². The number of nitrogens with one attached hydrogen (secondary N) is 1. The van der Waals surface area contributed by atoms with Crippen LogP contribution in [-0.4, -0.2) is 49.6 Å². The molecule has 1 aromatic carbocycles. The molecular formula is C18H24BrClN2O3. The number of hydrogen-bond acceptors (Lipinski definition) is 3. The van der Waals surface area contributed by atoms with Crippen LogP contribution in [0, 0.1) is 5.92 Å². The van der Waals surface area contributed by atoms with E-state index in [1.165, 1.54) is 0 Å². The van der Waals surface area contributed by atoms with Gasteiger partial charge in [0.05, 0.1) is 5.56 Å². The second-order valence-electron chi connectivity index (χ2n) is 6.03. The number of nitrogens with zero attached hydrogens (tertiary/aromatic N) is 1. The Kier molecular flexibility index (Phi) is 8.19. The van der Waals surface area contributed by atoms with E-state index in [1.54, 1.807) is 23.1 Å². The van der Waals surface area contributed by atoms with Gasteiger partial charge in [-0.25, -0.2) is 0 Å². The average Bonchev–Trinajstić information content (AvgIpc) is 2.63. The van der Waals surface area contributed by atoms with E-state index in [0.29, 0.717) is 56.3 Å². The first-order valence-corrected chi connectivity index (χ1v) is 9.79. The lowest BCUT2D eigenvalue weighted by molar-refractivity contribution is -0.126. The number of rotatable bonds is 7. The molecule has 0 unspecified atom stereocenters. The molecule has 1 N–H and O–H groups in total. The van der Waals surface area contributed by atoms with Gasteiger partial charge in [-0.2, -0.15) is 0 Å². The van der Waals surface area contributed by atoms with Crippen molar-refractivity contribution in [3.63, 3.8) is 0 Å². The van der Waals surface area contributed by atoms with Crippen molar-refractivity contribution in [2.45, 2.75) is 26.2 Å². The summed E-state index contributed by atoms with van der Waals surface area (Å²) in [4.78, 5) is 26.6. The van der Waals surface area contributed by atoms with Gasteiger partial charge in [0.2, 0.25) is 5.91 Å². The number of carbonyl (C=O) groups is 2. The molecule has 0 bridgehead atoms. The predicted octanol–water partition coefficient (Wildman–Crippen LogP) is 3.50. The summed E-state index contributed by atoms with van der Waals surface area (Å²) >= 11 is 9.39. The van der Waals surface area contributed by atoms with E-state index in [2.05, 4.69) is 21.2 Å². The molecule has 0 spiro atoms. The van der Waals surface area contributed by atoms with Gasteiger partial charge in [0.1, 0.15) is 0 Å². The van der Waals surface area contributed by atoms with Gasteiger partial charge >= 0.3 is 0 Å². The molecule has 0 saturated carbocycles. The van der Waals surface area contributed by atoms with Gasteiger partial charge in [0, 0.05) is 48.3 Å². The van der Waals surface area contributed by atoms with Crippen molar-refractivity contribution in [3.8, 4) is 0 Å². The maximum atomic E-state index is 12.6. The lowest BCUT2D eigenvalue weighted by Gasteiger charge is -2.31. The molecule has 1 heterocycles.